The number of amides is 1. The van der Waals surface area contributed by atoms with Crippen molar-refractivity contribution in [2.24, 2.45) is 5.92 Å². The van der Waals surface area contributed by atoms with Gasteiger partial charge in [0.1, 0.15) is 0 Å². The molecule has 122 valence electrons. The lowest BCUT2D eigenvalue weighted by molar-refractivity contribution is 0.0937. The van der Waals surface area contributed by atoms with E-state index in [4.69, 9.17) is 4.74 Å². The Labute approximate surface area is 136 Å². The van der Waals surface area contributed by atoms with Gasteiger partial charge in [-0.1, -0.05) is 0 Å². The van der Waals surface area contributed by atoms with Crippen molar-refractivity contribution in [1.29, 1.82) is 0 Å². The number of aromatic nitrogens is 2. The Kier molecular flexibility index (Phi) is 5.08. The van der Waals surface area contributed by atoms with Gasteiger partial charge in [-0.05, 0) is 62.4 Å². The van der Waals surface area contributed by atoms with Crippen LogP contribution in [0.25, 0.3) is 5.69 Å². The quantitative estimate of drug-likeness (QED) is 0.762. The first-order chi connectivity index (χ1) is 11.2. The van der Waals surface area contributed by atoms with Gasteiger partial charge in [0.05, 0.1) is 5.69 Å². The van der Waals surface area contributed by atoms with Crippen LogP contribution in [0.4, 0.5) is 0 Å². The molecule has 3 rings (SSSR count). The SMILES string of the molecule is Cc1ccnn1-c1ccc(C(=O)NCCCOCC2CC2)cc1. The average molecular weight is 313 g/mol. The molecule has 1 aliphatic rings. The summed E-state index contributed by atoms with van der Waals surface area (Å²) < 4.78 is 7.40. The Morgan fingerprint density at radius 1 is 1.30 bits per heavy atom. The van der Waals surface area contributed by atoms with Crippen LogP contribution in [0.2, 0.25) is 0 Å². The molecule has 1 heterocycles. The van der Waals surface area contributed by atoms with Gasteiger partial charge in [-0.15, -0.1) is 0 Å². The highest BCUT2D eigenvalue weighted by Crippen LogP contribution is 2.28. The third kappa shape index (κ3) is 4.42. The summed E-state index contributed by atoms with van der Waals surface area (Å²) in [6.45, 7) is 4.24. The molecule has 1 aromatic carbocycles. The highest BCUT2D eigenvalue weighted by atomic mass is 16.5. The summed E-state index contributed by atoms with van der Waals surface area (Å²) in [5.74, 6) is 0.748. The van der Waals surface area contributed by atoms with E-state index < -0.39 is 0 Å². The fourth-order valence-corrected chi connectivity index (χ4v) is 2.41. The molecule has 0 atom stereocenters. The summed E-state index contributed by atoms with van der Waals surface area (Å²) in [5.41, 5.74) is 2.68. The van der Waals surface area contributed by atoms with Gasteiger partial charge in [0.2, 0.25) is 0 Å². The fourth-order valence-electron chi connectivity index (χ4n) is 2.41. The number of carbonyl (C=O) groups is 1. The van der Waals surface area contributed by atoms with E-state index in [2.05, 4.69) is 10.4 Å². The summed E-state index contributed by atoms with van der Waals surface area (Å²) >= 11 is 0. The van der Waals surface area contributed by atoms with Crippen LogP contribution in [0.3, 0.4) is 0 Å². The molecule has 1 amide bonds. The molecule has 0 saturated heterocycles. The van der Waals surface area contributed by atoms with E-state index in [1.54, 1.807) is 6.20 Å². The normalized spacial score (nSPS) is 14.0. The number of rotatable bonds is 8. The van der Waals surface area contributed by atoms with Crippen molar-refractivity contribution in [2.45, 2.75) is 26.2 Å². The van der Waals surface area contributed by atoms with E-state index in [0.29, 0.717) is 18.7 Å². The minimum absolute atomic E-state index is 0.0454. The lowest BCUT2D eigenvalue weighted by atomic mass is 10.2. The number of aryl methyl sites for hydroxylation is 1. The van der Waals surface area contributed by atoms with Gasteiger partial charge in [-0.2, -0.15) is 5.10 Å². The van der Waals surface area contributed by atoms with E-state index >= 15 is 0 Å². The van der Waals surface area contributed by atoms with Crippen LogP contribution in [0.1, 0.15) is 35.3 Å². The van der Waals surface area contributed by atoms with Crippen molar-refractivity contribution < 1.29 is 9.53 Å². The summed E-state index contributed by atoms with van der Waals surface area (Å²) in [6.07, 6.45) is 5.24. The van der Waals surface area contributed by atoms with E-state index in [0.717, 1.165) is 30.3 Å². The molecule has 1 saturated carbocycles. The van der Waals surface area contributed by atoms with Crippen molar-refractivity contribution in [2.75, 3.05) is 19.8 Å². The van der Waals surface area contributed by atoms with Gasteiger partial charge in [0.25, 0.3) is 5.91 Å². The van der Waals surface area contributed by atoms with Gasteiger partial charge in [-0.3, -0.25) is 4.79 Å². The van der Waals surface area contributed by atoms with Crippen LogP contribution < -0.4 is 5.32 Å². The Morgan fingerprint density at radius 2 is 2.09 bits per heavy atom. The third-order valence-electron chi connectivity index (χ3n) is 4.01. The molecular formula is C18H23N3O2. The molecule has 1 fully saturated rings. The first kappa shape index (κ1) is 15.7. The maximum atomic E-state index is 12.1. The molecule has 0 radical (unpaired) electrons. The number of carbonyl (C=O) groups excluding carboxylic acids is 1. The van der Waals surface area contributed by atoms with Gasteiger partial charge < -0.3 is 10.1 Å². The summed E-state index contributed by atoms with van der Waals surface area (Å²) in [4.78, 5) is 12.1. The largest absolute Gasteiger partial charge is 0.381 e. The summed E-state index contributed by atoms with van der Waals surface area (Å²) in [5, 5.41) is 7.18. The lowest BCUT2D eigenvalue weighted by Crippen LogP contribution is -2.25. The first-order valence-corrected chi connectivity index (χ1v) is 8.21. The van der Waals surface area contributed by atoms with Crippen molar-refractivity contribution in [3.8, 4) is 5.69 Å². The molecule has 23 heavy (non-hydrogen) atoms. The predicted octanol–water partition coefficient (Wildman–Crippen LogP) is 2.73. The van der Waals surface area contributed by atoms with E-state index in [-0.39, 0.29) is 5.91 Å². The molecule has 0 aliphatic heterocycles. The second kappa shape index (κ2) is 7.42. The molecule has 5 nitrogen and oxygen atoms in total. The number of ether oxygens (including phenoxy) is 1. The van der Waals surface area contributed by atoms with Gasteiger partial charge in [-0.25, -0.2) is 4.68 Å². The number of hydrogen-bond donors (Lipinski definition) is 1. The molecule has 0 bridgehead atoms. The van der Waals surface area contributed by atoms with Crippen LogP contribution in [0.15, 0.2) is 36.5 Å². The van der Waals surface area contributed by atoms with Crippen LogP contribution >= 0.6 is 0 Å². The maximum Gasteiger partial charge on any atom is 0.251 e. The average Bonchev–Trinajstić information content (AvgIpc) is 3.30. The van der Waals surface area contributed by atoms with Crippen LogP contribution in [-0.2, 0) is 4.74 Å². The highest BCUT2D eigenvalue weighted by Gasteiger charge is 2.20. The molecule has 1 aromatic heterocycles. The summed E-state index contributed by atoms with van der Waals surface area (Å²) in [7, 11) is 0. The third-order valence-corrected chi connectivity index (χ3v) is 4.01. The number of nitrogens with one attached hydrogen (secondary N) is 1. The lowest BCUT2D eigenvalue weighted by Gasteiger charge is -2.08. The topological polar surface area (TPSA) is 56.2 Å². The minimum Gasteiger partial charge on any atom is -0.381 e. The van der Waals surface area contributed by atoms with E-state index in [9.17, 15) is 4.79 Å². The molecule has 2 aromatic rings. The monoisotopic (exact) mass is 313 g/mol. The van der Waals surface area contributed by atoms with Crippen LogP contribution in [-0.4, -0.2) is 35.4 Å². The van der Waals surface area contributed by atoms with Crippen LogP contribution in [0, 0.1) is 12.8 Å². The fraction of sp³-hybridized carbons (Fsp3) is 0.444. The maximum absolute atomic E-state index is 12.1. The number of benzene rings is 1. The zero-order valence-electron chi connectivity index (χ0n) is 13.5. The van der Waals surface area contributed by atoms with Gasteiger partial charge in [0, 0.05) is 37.2 Å². The second-order valence-corrected chi connectivity index (χ2v) is 6.06. The van der Waals surface area contributed by atoms with Crippen molar-refractivity contribution in [1.82, 2.24) is 15.1 Å². The van der Waals surface area contributed by atoms with Gasteiger partial charge >= 0.3 is 0 Å². The van der Waals surface area contributed by atoms with E-state index in [1.807, 2.05) is 41.9 Å². The standard InChI is InChI=1S/C18H23N3O2/c1-14-9-11-20-21(14)17-7-5-16(6-8-17)18(22)19-10-2-12-23-13-15-3-4-15/h5-9,11,15H,2-4,10,12-13H2,1H3,(H,19,22). The second-order valence-electron chi connectivity index (χ2n) is 6.06. The van der Waals surface area contributed by atoms with Crippen molar-refractivity contribution >= 4 is 5.91 Å². The Bertz CT molecular complexity index is 645. The van der Waals surface area contributed by atoms with E-state index in [1.165, 1.54) is 12.8 Å². The van der Waals surface area contributed by atoms with Crippen molar-refractivity contribution in [3.63, 3.8) is 0 Å². The molecule has 1 N–H and O–H groups in total. The zero-order chi connectivity index (χ0) is 16.1. The predicted molar refractivity (Wildman–Crippen MR) is 88.8 cm³/mol. The number of hydrogen-bond acceptors (Lipinski definition) is 3. The van der Waals surface area contributed by atoms with Crippen molar-refractivity contribution in [3.05, 3.63) is 47.8 Å². The molecule has 1 aliphatic carbocycles. The Hall–Kier alpha value is -2.14. The molecule has 0 unspecified atom stereocenters. The number of nitrogens with zero attached hydrogens (tertiary/aromatic N) is 2. The first-order valence-electron chi connectivity index (χ1n) is 8.21. The van der Waals surface area contributed by atoms with Crippen LogP contribution in [0.5, 0.6) is 0 Å². The van der Waals surface area contributed by atoms with Gasteiger partial charge in [0.15, 0.2) is 0 Å². The smallest absolute Gasteiger partial charge is 0.251 e. The minimum atomic E-state index is -0.0454. The molecule has 0 spiro atoms. The summed E-state index contributed by atoms with van der Waals surface area (Å²) in [6, 6.07) is 9.43. The molecular weight excluding hydrogens is 290 g/mol. The highest BCUT2D eigenvalue weighted by molar-refractivity contribution is 5.94. The zero-order valence-corrected chi connectivity index (χ0v) is 13.5. The molecule has 5 heteroatoms. The Balaban J connectivity index is 1.43. The Morgan fingerprint density at radius 3 is 2.74 bits per heavy atom.